The molecule has 0 aliphatic rings. The van der Waals surface area contributed by atoms with Gasteiger partial charge in [0.15, 0.2) is 23.0 Å². The number of benzene rings is 4. The van der Waals surface area contributed by atoms with Crippen LogP contribution in [0.2, 0.25) is 0 Å². The van der Waals surface area contributed by atoms with Crippen molar-refractivity contribution in [1.29, 1.82) is 0 Å². The fourth-order valence-electron chi connectivity index (χ4n) is 4.31. The van der Waals surface area contributed by atoms with E-state index < -0.39 is 11.6 Å². The standard InChI is InChI=1S/C32H30O6/c1-35-27-15-13-22(18-29(27)37-3)12-11-21-7-5-8-23(17-21)24-9-6-10-25(19-24)31(33)32(34)26-14-16-28(36-2)30(20-26)38-4/h5-10,13-20H,11-12H2,1-4H3. The lowest BCUT2D eigenvalue weighted by Crippen LogP contribution is -2.14. The van der Waals surface area contributed by atoms with Crippen molar-refractivity contribution in [2.75, 3.05) is 28.4 Å². The van der Waals surface area contributed by atoms with Crippen LogP contribution < -0.4 is 18.9 Å². The monoisotopic (exact) mass is 510 g/mol. The van der Waals surface area contributed by atoms with Crippen LogP contribution in [0.1, 0.15) is 31.8 Å². The number of hydrogen-bond acceptors (Lipinski definition) is 6. The fourth-order valence-corrected chi connectivity index (χ4v) is 4.31. The number of methoxy groups -OCH3 is 4. The maximum Gasteiger partial charge on any atom is 0.233 e. The van der Waals surface area contributed by atoms with Crippen molar-refractivity contribution in [3.8, 4) is 34.1 Å². The van der Waals surface area contributed by atoms with Crippen LogP contribution in [0.4, 0.5) is 0 Å². The van der Waals surface area contributed by atoms with Crippen LogP contribution in [0, 0.1) is 0 Å². The third-order valence-corrected chi connectivity index (χ3v) is 6.39. The van der Waals surface area contributed by atoms with Crippen LogP contribution in [0.3, 0.4) is 0 Å². The Morgan fingerprint density at radius 3 is 1.63 bits per heavy atom. The molecule has 0 unspecified atom stereocenters. The average Bonchev–Trinajstić information content (AvgIpc) is 2.98. The summed E-state index contributed by atoms with van der Waals surface area (Å²) in [6, 6.07) is 26.0. The van der Waals surface area contributed by atoms with Crippen molar-refractivity contribution in [1.82, 2.24) is 0 Å². The number of Topliss-reactive ketones (excluding diaryl/α,β-unsaturated/α-hetero) is 2. The van der Waals surface area contributed by atoms with Crippen molar-refractivity contribution in [2.24, 2.45) is 0 Å². The largest absolute Gasteiger partial charge is 0.493 e. The van der Waals surface area contributed by atoms with Gasteiger partial charge in [-0.2, -0.15) is 0 Å². The maximum absolute atomic E-state index is 13.1. The molecule has 0 saturated carbocycles. The lowest BCUT2D eigenvalue weighted by Gasteiger charge is -2.11. The molecule has 0 radical (unpaired) electrons. The van der Waals surface area contributed by atoms with Gasteiger partial charge in [0.2, 0.25) is 11.6 Å². The van der Waals surface area contributed by atoms with E-state index in [9.17, 15) is 9.59 Å². The summed E-state index contributed by atoms with van der Waals surface area (Å²) in [6.07, 6.45) is 1.67. The topological polar surface area (TPSA) is 71.1 Å². The third kappa shape index (κ3) is 5.86. The molecule has 0 N–H and O–H groups in total. The van der Waals surface area contributed by atoms with E-state index in [1.165, 1.54) is 20.3 Å². The summed E-state index contributed by atoms with van der Waals surface area (Å²) in [7, 11) is 6.25. The highest BCUT2D eigenvalue weighted by atomic mass is 16.5. The van der Waals surface area contributed by atoms with E-state index in [0.29, 0.717) is 28.6 Å². The van der Waals surface area contributed by atoms with Crippen molar-refractivity contribution < 1.29 is 28.5 Å². The van der Waals surface area contributed by atoms with Crippen LogP contribution >= 0.6 is 0 Å². The molecule has 0 amide bonds. The molecule has 0 aromatic heterocycles. The molecule has 38 heavy (non-hydrogen) atoms. The number of ether oxygens (including phenoxy) is 4. The second kappa shape index (κ2) is 12.1. The molecular weight excluding hydrogens is 480 g/mol. The van der Waals surface area contributed by atoms with E-state index in [2.05, 4.69) is 12.1 Å². The van der Waals surface area contributed by atoms with Gasteiger partial charge in [0, 0.05) is 11.1 Å². The molecule has 0 aliphatic carbocycles. The summed E-state index contributed by atoms with van der Waals surface area (Å²) in [5.41, 5.74) is 4.73. The molecule has 6 nitrogen and oxygen atoms in total. The maximum atomic E-state index is 13.1. The van der Waals surface area contributed by atoms with Gasteiger partial charge in [0.05, 0.1) is 28.4 Å². The molecule has 0 saturated heterocycles. The first-order valence-corrected chi connectivity index (χ1v) is 12.2. The summed E-state index contributed by atoms with van der Waals surface area (Å²) >= 11 is 0. The summed E-state index contributed by atoms with van der Waals surface area (Å²) < 4.78 is 21.2. The lowest BCUT2D eigenvalue weighted by molar-refractivity contribution is 0.0817. The Morgan fingerprint density at radius 2 is 1.00 bits per heavy atom. The number of hydrogen-bond donors (Lipinski definition) is 0. The van der Waals surface area contributed by atoms with E-state index in [1.54, 1.807) is 44.6 Å². The Labute approximate surface area is 222 Å². The van der Waals surface area contributed by atoms with Crippen LogP contribution in [-0.4, -0.2) is 40.0 Å². The zero-order chi connectivity index (χ0) is 27.1. The Bertz CT molecular complexity index is 1460. The van der Waals surface area contributed by atoms with E-state index in [1.807, 2.05) is 36.4 Å². The molecule has 0 spiro atoms. The number of carbonyl (C=O) groups is 2. The molecule has 4 aromatic carbocycles. The summed E-state index contributed by atoms with van der Waals surface area (Å²) in [6.45, 7) is 0. The first-order chi connectivity index (χ1) is 18.5. The highest BCUT2D eigenvalue weighted by molar-refractivity contribution is 6.49. The van der Waals surface area contributed by atoms with Crippen molar-refractivity contribution in [2.45, 2.75) is 12.8 Å². The van der Waals surface area contributed by atoms with Gasteiger partial charge in [-0.3, -0.25) is 9.59 Å². The van der Waals surface area contributed by atoms with Crippen LogP contribution in [0.25, 0.3) is 11.1 Å². The second-order valence-electron chi connectivity index (χ2n) is 8.70. The Balaban J connectivity index is 1.51. The molecule has 0 heterocycles. The average molecular weight is 511 g/mol. The fraction of sp³-hybridized carbons (Fsp3) is 0.188. The van der Waals surface area contributed by atoms with Crippen LogP contribution in [-0.2, 0) is 12.8 Å². The zero-order valence-corrected chi connectivity index (χ0v) is 21.9. The number of carbonyl (C=O) groups excluding carboxylic acids is 2. The minimum atomic E-state index is -0.605. The molecule has 194 valence electrons. The van der Waals surface area contributed by atoms with Crippen molar-refractivity contribution >= 4 is 11.6 Å². The molecule has 6 heteroatoms. The molecule has 0 atom stereocenters. The SMILES string of the molecule is COc1ccc(CCc2cccc(-c3cccc(C(=O)C(=O)c4ccc(OC)c(OC)c4)c3)c2)cc1OC. The van der Waals surface area contributed by atoms with Gasteiger partial charge in [0.1, 0.15) is 0 Å². The summed E-state index contributed by atoms with van der Waals surface area (Å²) in [5, 5.41) is 0. The minimum absolute atomic E-state index is 0.246. The highest BCUT2D eigenvalue weighted by Gasteiger charge is 2.20. The molecule has 4 aromatic rings. The smallest absolute Gasteiger partial charge is 0.233 e. The predicted octanol–water partition coefficient (Wildman–Crippen LogP) is 6.24. The predicted molar refractivity (Wildman–Crippen MR) is 147 cm³/mol. The first-order valence-electron chi connectivity index (χ1n) is 12.2. The molecular formula is C32H30O6. The van der Waals surface area contributed by atoms with Gasteiger partial charge in [-0.1, -0.05) is 48.5 Å². The van der Waals surface area contributed by atoms with Gasteiger partial charge >= 0.3 is 0 Å². The van der Waals surface area contributed by atoms with Gasteiger partial charge in [-0.25, -0.2) is 0 Å². The van der Waals surface area contributed by atoms with Gasteiger partial charge in [-0.05, 0) is 71.5 Å². The Kier molecular flexibility index (Phi) is 8.44. The molecule has 0 aliphatic heterocycles. The van der Waals surface area contributed by atoms with Gasteiger partial charge in [-0.15, -0.1) is 0 Å². The van der Waals surface area contributed by atoms with Gasteiger partial charge in [0.25, 0.3) is 0 Å². The summed E-state index contributed by atoms with van der Waals surface area (Å²) in [4.78, 5) is 26.0. The van der Waals surface area contributed by atoms with E-state index >= 15 is 0 Å². The van der Waals surface area contributed by atoms with Crippen molar-refractivity contribution in [3.05, 3.63) is 107 Å². The Morgan fingerprint density at radius 1 is 0.500 bits per heavy atom. The first kappa shape index (κ1) is 26.5. The second-order valence-corrected chi connectivity index (χ2v) is 8.70. The zero-order valence-electron chi connectivity index (χ0n) is 21.9. The van der Waals surface area contributed by atoms with Crippen molar-refractivity contribution in [3.63, 3.8) is 0 Å². The lowest BCUT2D eigenvalue weighted by atomic mass is 9.95. The third-order valence-electron chi connectivity index (χ3n) is 6.39. The molecule has 4 rings (SSSR count). The molecule has 0 fully saturated rings. The van der Waals surface area contributed by atoms with E-state index in [-0.39, 0.29) is 5.56 Å². The van der Waals surface area contributed by atoms with E-state index in [4.69, 9.17) is 18.9 Å². The quantitative estimate of drug-likeness (QED) is 0.176. The number of ketones is 2. The van der Waals surface area contributed by atoms with E-state index in [0.717, 1.165) is 35.1 Å². The minimum Gasteiger partial charge on any atom is -0.493 e. The van der Waals surface area contributed by atoms with Gasteiger partial charge < -0.3 is 18.9 Å². The Hall–Kier alpha value is -4.58. The normalized spacial score (nSPS) is 10.5. The highest BCUT2D eigenvalue weighted by Crippen LogP contribution is 2.30. The number of aryl methyl sites for hydroxylation is 2. The molecule has 0 bridgehead atoms. The van der Waals surface area contributed by atoms with Crippen LogP contribution in [0.15, 0.2) is 84.9 Å². The summed E-state index contributed by atoms with van der Waals surface area (Å²) in [5.74, 6) is 1.12. The number of rotatable bonds is 11. The van der Waals surface area contributed by atoms with Crippen LogP contribution in [0.5, 0.6) is 23.0 Å².